The third-order valence-corrected chi connectivity index (χ3v) is 2.48. The first-order valence-corrected chi connectivity index (χ1v) is 5.36. The van der Waals surface area contributed by atoms with E-state index in [4.69, 9.17) is 0 Å². The van der Waals surface area contributed by atoms with Gasteiger partial charge in [0, 0.05) is 0 Å². The SMILES string of the molecule is O=C=Nc1ccc(OS(=O)(=O)C(F)(F)F)cc1. The molecule has 0 heterocycles. The van der Waals surface area contributed by atoms with Crippen LogP contribution in [-0.4, -0.2) is 20.0 Å². The third kappa shape index (κ3) is 3.30. The Morgan fingerprint density at radius 3 is 2.12 bits per heavy atom. The van der Waals surface area contributed by atoms with Crippen LogP contribution in [0.4, 0.5) is 18.9 Å². The van der Waals surface area contributed by atoms with Crippen molar-refractivity contribution in [3.8, 4) is 5.75 Å². The highest BCUT2D eigenvalue weighted by atomic mass is 32.2. The average Bonchev–Trinajstić information content (AvgIpc) is 2.19. The molecule has 0 aliphatic heterocycles. The molecule has 0 unspecified atom stereocenters. The summed E-state index contributed by atoms with van der Waals surface area (Å²) in [6.45, 7) is 0. The Labute approximate surface area is 93.7 Å². The monoisotopic (exact) mass is 267 g/mol. The average molecular weight is 267 g/mol. The van der Waals surface area contributed by atoms with Gasteiger partial charge in [0.1, 0.15) is 5.75 Å². The minimum absolute atomic E-state index is 0.108. The van der Waals surface area contributed by atoms with Crippen LogP contribution < -0.4 is 4.18 Å². The van der Waals surface area contributed by atoms with Gasteiger partial charge in [-0.15, -0.1) is 0 Å². The molecular weight excluding hydrogens is 263 g/mol. The molecule has 1 rings (SSSR count). The molecule has 0 atom stereocenters. The van der Waals surface area contributed by atoms with E-state index in [-0.39, 0.29) is 5.69 Å². The molecule has 0 amide bonds. The predicted molar refractivity (Wildman–Crippen MR) is 49.8 cm³/mol. The van der Waals surface area contributed by atoms with Gasteiger partial charge >= 0.3 is 15.6 Å². The Morgan fingerprint density at radius 1 is 1.18 bits per heavy atom. The zero-order chi connectivity index (χ0) is 13.1. The van der Waals surface area contributed by atoms with Gasteiger partial charge in [0.2, 0.25) is 6.08 Å². The van der Waals surface area contributed by atoms with Crippen molar-refractivity contribution in [2.75, 3.05) is 0 Å². The van der Waals surface area contributed by atoms with Crippen LogP contribution in [0.5, 0.6) is 5.75 Å². The van der Waals surface area contributed by atoms with Crippen LogP contribution in [0.3, 0.4) is 0 Å². The van der Waals surface area contributed by atoms with Crippen molar-refractivity contribution in [3.05, 3.63) is 24.3 Å². The van der Waals surface area contributed by atoms with E-state index in [2.05, 4.69) is 9.18 Å². The number of hydrogen-bond donors (Lipinski definition) is 0. The van der Waals surface area contributed by atoms with Gasteiger partial charge in [-0.3, -0.25) is 0 Å². The summed E-state index contributed by atoms with van der Waals surface area (Å²) in [6, 6.07) is 4.07. The standard InChI is InChI=1S/C8H4F3NO4S/c9-8(10,11)17(14,15)16-7-3-1-6(2-4-7)12-5-13/h1-4H. The maximum atomic E-state index is 11.9. The second kappa shape index (κ2) is 4.56. The lowest BCUT2D eigenvalue weighted by atomic mass is 10.3. The summed E-state index contributed by atoms with van der Waals surface area (Å²) < 4.78 is 60.8. The molecule has 0 bridgehead atoms. The topological polar surface area (TPSA) is 72.8 Å². The van der Waals surface area contributed by atoms with Gasteiger partial charge in [-0.2, -0.15) is 26.6 Å². The lowest BCUT2D eigenvalue weighted by Gasteiger charge is -2.08. The highest BCUT2D eigenvalue weighted by molar-refractivity contribution is 7.87. The van der Waals surface area contributed by atoms with Gasteiger partial charge < -0.3 is 4.18 Å². The van der Waals surface area contributed by atoms with Crippen LogP contribution in [-0.2, 0) is 14.9 Å². The number of isocyanates is 1. The fourth-order valence-electron chi connectivity index (χ4n) is 0.803. The van der Waals surface area contributed by atoms with E-state index in [9.17, 15) is 26.4 Å². The largest absolute Gasteiger partial charge is 0.534 e. The molecule has 1 aromatic rings. The number of carbonyl (C=O) groups excluding carboxylic acids is 1. The van der Waals surface area contributed by atoms with Crippen molar-refractivity contribution in [2.45, 2.75) is 5.51 Å². The Morgan fingerprint density at radius 2 is 1.71 bits per heavy atom. The summed E-state index contributed by atoms with van der Waals surface area (Å²) in [5.41, 5.74) is -5.39. The smallest absolute Gasteiger partial charge is 0.376 e. The van der Waals surface area contributed by atoms with Crippen molar-refractivity contribution >= 4 is 21.9 Å². The lowest BCUT2D eigenvalue weighted by molar-refractivity contribution is -0.0500. The van der Waals surface area contributed by atoms with Gasteiger partial charge in [0.05, 0.1) is 5.69 Å². The molecule has 5 nitrogen and oxygen atoms in total. The molecule has 0 saturated carbocycles. The number of nitrogens with zero attached hydrogens (tertiary/aromatic N) is 1. The number of halogens is 3. The molecule has 0 saturated heterocycles. The molecule has 0 fully saturated rings. The Hall–Kier alpha value is -1.86. The van der Waals surface area contributed by atoms with Crippen LogP contribution in [0.25, 0.3) is 0 Å². The van der Waals surface area contributed by atoms with Crippen molar-refractivity contribution in [1.82, 2.24) is 0 Å². The molecule has 0 aliphatic carbocycles. The maximum absolute atomic E-state index is 11.9. The summed E-state index contributed by atoms with van der Waals surface area (Å²) in [6.07, 6.45) is 1.21. The van der Waals surface area contributed by atoms with Crippen LogP contribution in [0.1, 0.15) is 0 Å². The van der Waals surface area contributed by atoms with E-state index in [0.717, 1.165) is 24.3 Å². The minimum atomic E-state index is -5.68. The van der Waals surface area contributed by atoms with E-state index < -0.39 is 21.4 Å². The van der Waals surface area contributed by atoms with E-state index >= 15 is 0 Å². The molecule has 9 heteroatoms. The van der Waals surface area contributed by atoms with Gasteiger partial charge in [-0.1, -0.05) is 0 Å². The minimum Gasteiger partial charge on any atom is -0.376 e. The highest BCUT2D eigenvalue weighted by Gasteiger charge is 2.48. The van der Waals surface area contributed by atoms with Crippen LogP contribution in [0.2, 0.25) is 0 Å². The first-order valence-electron chi connectivity index (χ1n) is 3.95. The third-order valence-electron chi connectivity index (χ3n) is 1.50. The molecule has 0 N–H and O–H groups in total. The molecule has 92 valence electrons. The lowest BCUT2D eigenvalue weighted by Crippen LogP contribution is -2.27. The summed E-state index contributed by atoms with van der Waals surface area (Å²) in [5, 5.41) is 0. The van der Waals surface area contributed by atoms with Crippen molar-refractivity contribution < 1.29 is 30.6 Å². The fraction of sp³-hybridized carbons (Fsp3) is 0.125. The van der Waals surface area contributed by atoms with Gasteiger partial charge in [-0.25, -0.2) is 4.79 Å². The summed E-state index contributed by atoms with van der Waals surface area (Å²) in [5.74, 6) is -0.535. The molecule has 17 heavy (non-hydrogen) atoms. The Balaban J connectivity index is 2.94. The Kier molecular flexibility index (Phi) is 3.54. The van der Waals surface area contributed by atoms with Crippen molar-refractivity contribution in [2.24, 2.45) is 4.99 Å². The zero-order valence-corrected chi connectivity index (χ0v) is 8.75. The maximum Gasteiger partial charge on any atom is 0.534 e. The number of rotatable bonds is 3. The van der Waals surface area contributed by atoms with E-state index in [0.29, 0.717) is 0 Å². The molecule has 0 aromatic heterocycles. The first-order chi connectivity index (χ1) is 7.76. The fourth-order valence-corrected chi connectivity index (χ4v) is 1.26. The van der Waals surface area contributed by atoms with Crippen molar-refractivity contribution in [3.63, 3.8) is 0 Å². The highest BCUT2D eigenvalue weighted by Crippen LogP contribution is 2.27. The normalized spacial score (nSPS) is 11.7. The second-order valence-corrected chi connectivity index (χ2v) is 4.22. The molecule has 0 spiro atoms. The molecule has 1 aromatic carbocycles. The van der Waals surface area contributed by atoms with Gasteiger partial charge in [0.25, 0.3) is 0 Å². The number of aliphatic imine (C=N–C) groups is 1. The van der Waals surface area contributed by atoms with Crippen molar-refractivity contribution in [1.29, 1.82) is 0 Å². The summed E-state index contributed by atoms with van der Waals surface area (Å²) in [4.78, 5) is 13.0. The summed E-state index contributed by atoms with van der Waals surface area (Å²) in [7, 11) is -5.68. The van der Waals surface area contributed by atoms with E-state index in [1.54, 1.807) is 0 Å². The first kappa shape index (κ1) is 13.2. The Bertz CT molecular complexity index is 543. The zero-order valence-electron chi connectivity index (χ0n) is 7.93. The van der Waals surface area contributed by atoms with E-state index in [1.165, 1.54) is 6.08 Å². The molecule has 0 aliphatic rings. The van der Waals surface area contributed by atoms with Crippen LogP contribution in [0, 0.1) is 0 Å². The van der Waals surface area contributed by atoms with Gasteiger partial charge in [0.15, 0.2) is 0 Å². The van der Waals surface area contributed by atoms with Gasteiger partial charge in [-0.05, 0) is 24.3 Å². The quantitative estimate of drug-likeness (QED) is 0.363. The molecule has 0 radical (unpaired) electrons. The van der Waals surface area contributed by atoms with Crippen LogP contribution >= 0.6 is 0 Å². The predicted octanol–water partition coefficient (Wildman–Crippen LogP) is 1.88. The number of hydrogen-bond acceptors (Lipinski definition) is 5. The second-order valence-electron chi connectivity index (χ2n) is 2.68. The summed E-state index contributed by atoms with van der Waals surface area (Å²) >= 11 is 0. The molecular formula is C8H4F3NO4S. The number of alkyl halides is 3. The van der Waals surface area contributed by atoms with E-state index in [1.807, 2.05) is 0 Å². The number of benzene rings is 1. The van der Waals surface area contributed by atoms with Crippen LogP contribution in [0.15, 0.2) is 29.3 Å².